The van der Waals surface area contributed by atoms with Crippen LogP contribution in [0.15, 0.2) is 27.0 Å². The summed E-state index contributed by atoms with van der Waals surface area (Å²) < 4.78 is 11.5. The monoisotopic (exact) mass is 305 g/mol. The molecule has 3 heterocycles. The van der Waals surface area contributed by atoms with Gasteiger partial charge in [-0.1, -0.05) is 5.16 Å². The SMILES string of the molecule is Cc1noc(C)c1C(=O)OCc1cc(=O)n2ccsc2n1. The fraction of sp³-hybridized carbons (Fsp3) is 0.231. The van der Waals surface area contributed by atoms with Crippen molar-refractivity contribution in [2.75, 3.05) is 0 Å². The lowest BCUT2D eigenvalue weighted by Gasteiger charge is -2.04. The first-order valence-corrected chi connectivity index (χ1v) is 7.00. The molecule has 0 saturated carbocycles. The fourth-order valence-corrected chi connectivity index (χ4v) is 2.69. The molecule has 0 aliphatic carbocycles. The summed E-state index contributed by atoms with van der Waals surface area (Å²) >= 11 is 1.34. The van der Waals surface area contributed by atoms with Crippen LogP contribution in [0.2, 0.25) is 0 Å². The van der Waals surface area contributed by atoms with Gasteiger partial charge in [0.05, 0.1) is 11.4 Å². The molecule has 108 valence electrons. The van der Waals surface area contributed by atoms with Crippen molar-refractivity contribution in [3.63, 3.8) is 0 Å². The highest BCUT2D eigenvalue weighted by atomic mass is 32.1. The van der Waals surface area contributed by atoms with Crippen molar-refractivity contribution in [2.45, 2.75) is 20.5 Å². The van der Waals surface area contributed by atoms with Crippen LogP contribution in [0.25, 0.3) is 4.96 Å². The van der Waals surface area contributed by atoms with Gasteiger partial charge in [0.25, 0.3) is 5.56 Å². The van der Waals surface area contributed by atoms with Crippen LogP contribution >= 0.6 is 11.3 Å². The first kappa shape index (κ1) is 13.5. The smallest absolute Gasteiger partial charge is 0.344 e. The highest BCUT2D eigenvalue weighted by Crippen LogP contribution is 2.14. The Morgan fingerprint density at radius 2 is 2.29 bits per heavy atom. The summed E-state index contributed by atoms with van der Waals surface area (Å²) in [5, 5.41) is 5.46. The number of aryl methyl sites for hydroxylation is 2. The number of hydrogen-bond donors (Lipinski definition) is 0. The maximum atomic E-state index is 12.0. The second-order valence-electron chi connectivity index (χ2n) is 4.42. The lowest BCUT2D eigenvalue weighted by Crippen LogP contribution is -2.15. The van der Waals surface area contributed by atoms with Gasteiger partial charge in [-0.05, 0) is 13.8 Å². The Morgan fingerprint density at radius 1 is 1.48 bits per heavy atom. The lowest BCUT2D eigenvalue weighted by molar-refractivity contribution is 0.0465. The Hall–Kier alpha value is -2.48. The second-order valence-corrected chi connectivity index (χ2v) is 5.29. The Bertz CT molecular complexity index is 858. The number of nitrogens with zero attached hydrogens (tertiary/aromatic N) is 3. The van der Waals surface area contributed by atoms with Crippen LogP contribution < -0.4 is 5.56 Å². The van der Waals surface area contributed by atoms with E-state index >= 15 is 0 Å². The molecule has 0 aliphatic heterocycles. The summed E-state index contributed by atoms with van der Waals surface area (Å²) in [4.78, 5) is 28.6. The van der Waals surface area contributed by atoms with E-state index in [1.807, 2.05) is 0 Å². The topological polar surface area (TPSA) is 86.7 Å². The normalized spacial score (nSPS) is 11.0. The van der Waals surface area contributed by atoms with Crippen molar-refractivity contribution < 1.29 is 14.1 Å². The van der Waals surface area contributed by atoms with Crippen molar-refractivity contribution in [3.8, 4) is 0 Å². The van der Waals surface area contributed by atoms with Crippen molar-refractivity contribution in [1.29, 1.82) is 0 Å². The Morgan fingerprint density at radius 3 is 3.00 bits per heavy atom. The maximum absolute atomic E-state index is 12.0. The summed E-state index contributed by atoms with van der Waals surface area (Å²) in [5.41, 5.74) is 0.982. The minimum absolute atomic E-state index is 0.0769. The molecule has 0 spiro atoms. The van der Waals surface area contributed by atoms with E-state index in [9.17, 15) is 9.59 Å². The predicted molar refractivity (Wildman–Crippen MR) is 74.4 cm³/mol. The first-order chi connectivity index (χ1) is 10.1. The summed E-state index contributed by atoms with van der Waals surface area (Å²) in [5.74, 6) is -0.140. The predicted octanol–water partition coefficient (Wildman–Crippen LogP) is 1.72. The second kappa shape index (κ2) is 5.13. The molecule has 3 aromatic rings. The number of fused-ring (bicyclic) bond motifs is 1. The third kappa shape index (κ3) is 2.45. The van der Waals surface area contributed by atoms with Gasteiger partial charge in [0, 0.05) is 17.6 Å². The summed E-state index contributed by atoms with van der Waals surface area (Å²) in [6, 6.07) is 1.35. The highest BCUT2D eigenvalue weighted by Gasteiger charge is 2.19. The molecule has 0 unspecified atom stereocenters. The standard InChI is InChI=1S/C13H11N3O4S/c1-7-11(8(2)20-15-7)12(18)19-6-9-5-10(17)16-3-4-21-13(16)14-9/h3-5H,6H2,1-2H3. The molecule has 0 fully saturated rings. The van der Waals surface area contributed by atoms with Gasteiger partial charge in [0.1, 0.15) is 17.9 Å². The van der Waals surface area contributed by atoms with Crippen molar-refractivity contribution >= 4 is 22.3 Å². The quantitative estimate of drug-likeness (QED) is 0.685. The third-order valence-electron chi connectivity index (χ3n) is 2.94. The average molecular weight is 305 g/mol. The highest BCUT2D eigenvalue weighted by molar-refractivity contribution is 7.15. The van der Waals surface area contributed by atoms with Crippen molar-refractivity contribution in [2.24, 2.45) is 0 Å². The molecule has 0 saturated heterocycles. The van der Waals surface area contributed by atoms with E-state index < -0.39 is 5.97 Å². The molecule has 7 nitrogen and oxygen atoms in total. The van der Waals surface area contributed by atoms with Crippen LogP contribution in [0, 0.1) is 13.8 Å². The molecular weight excluding hydrogens is 294 g/mol. The van der Waals surface area contributed by atoms with Gasteiger partial charge in [-0.3, -0.25) is 9.20 Å². The van der Waals surface area contributed by atoms with Crippen LogP contribution in [0.1, 0.15) is 27.5 Å². The molecule has 8 heteroatoms. The lowest BCUT2D eigenvalue weighted by atomic mass is 10.2. The number of hydrogen-bond acceptors (Lipinski definition) is 7. The minimum Gasteiger partial charge on any atom is -0.455 e. The molecule has 0 aliphatic rings. The number of carbonyl (C=O) groups is 1. The largest absolute Gasteiger partial charge is 0.455 e. The summed E-state index contributed by atoms with van der Waals surface area (Å²) in [6.45, 7) is 3.22. The van der Waals surface area contributed by atoms with Gasteiger partial charge in [-0.15, -0.1) is 11.3 Å². The van der Waals surface area contributed by atoms with E-state index in [2.05, 4.69) is 10.1 Å². The molecule has 21 heavy (non-hydrogen) atoms. The molecule has 0 N–H and O–H groups in total. The minimum atomic E-state index is -0.542. The van der Waals surface area contributed by atoms with Crippen LogP contribution in [0.3, 0.4) is 0 Å². The zero-order valence-corrected chi connectivity index (χ0v) is 12.1. The fourth-order valence-electron chi connectivity index (χ4n) is 1.95. The van der Waals surface area contributed by atoms with Crippen LogP contribution in [-0.4, -0.2) is 20.5 Å². The van der Waals surface area contributed by atoms with Crippen LogP contribution in [-0.2, 0) is 11.3 Å². The number of aromatic nitrogens is 3. The van der Waals surface area contributed by atoms with Crippen LogP contribution in [0.5, 0.6) is 0 Å². The number of thiazole rings is 1. The van der Waals surface area contributed by atoms with E-state index in [0.29, 0.717) is 27.7 Å². The van der Waals surface area contributed by atoms with Crippen molar-refractivity contribution in [3.05, 3.63) is 50.7 Å². The first-order valence-electron chi connectivity index (χ1n) is 6.12. The Balaban J connectivity index is 1.80. The average Bonchev–Trinajstić information content (AvgIpc) is 3.03. The number of carbonyl (C=O) groups excluding carboxylic acids is 1. The molecule has 3 rings (SSSR count). The molecular formula is C13H11N3O4S. The molecule has 0 radical (unpaired) electrons. The molecule has 3 aromatic heterocycles. The van der Waals surface area contributed by atoms with Gasteiger partial charge < -0.3 is 9.26 Å². The molecule has 0 atom stereocenters. The van der Waals surface area contributed by atoms with E-state index in [4.69, 9.17) is 9.26 Å². The summed E-state index contributed by atoms with van der Waals surface area (Å²) in [6.07, 6.45) is 1.65. The van der Waals surface area contributed by atoms with Gasteiger partial charge >= 0.3 is 5.97 Å². The zero-order valence-electron chi connectivity index (χ0n) is 11.3. The van der Waals surface area contributed by atoms with E-state index in [1.54, 1.807) is 25.4 Å². The molecule has 0 aromatic carbocycles. The van der Waals surface area contributed by atoms with Gasteiger partial charge in [-0.25, -0.2) is 9.78 Å². The number of ether oxygens (including phenoxy) is 1. The van der Waals surface area contributed by atoms with Crippen LogP contribution in [0.4, 0.5) is 0 Å². The maximum Gasteiger partial charge on any atom is 0.344 e. The Labute approximate surface area is 122 Å². The van der Waals surface area contributed by atoms with Crippen molar-refractivity contribution in [1.82, 2.24) is 14.5 Å². The third-order valence-corrected chi connectivity index (χ3v) is 3.70. The van der Waals surface area contributed by atoms with Gasteiger partial charge in [-0.2, -0.15) is 0 Å². The molecule has 0 bridgehead atoms. The van der Waals surface area contributed by atoms with E-state index in [1.165, 1.54) is 21.8 Å². The van der Waals surface area contributed by atoms with Gasteiger partial charge in [0.2, 0.25) is 0 Å². The number of esters is 1. The van der Waals surface area contributed by atoms with E-state index in [0.717, 1.165) is 0 Å². The van der Waals surface area contributed by atoms with E-state index in [-0.39, 0.29) is 12.2 Å². The molecule has 0 amide bonds. The number of rotatable bonds is 3. The van der Waals surface area contributed by atoms with Gasteiger partial charge in [0.15, 0.2) is 4.96 Å². The Kier molecular flexibility index (Phi) is 3.30. The summed E-state index contributed by atoms with van der Waals surface area (Å²) in [7, 11) is 0. The zero-order chi connectivity index (χ0) is 15.0.